The van der Waals surface area contributed by atoms with Gasteiger partial charge in [0.25, 0.3) is 5.91 Å². The highest BCUT2D eigenvalue weighted by molar-refractivity contribution is 6.11. The van der Waals surface area contributed by atoms with Gasteiger partial charge in [-0.2, -0.15) is 0 Å². The predicted octanol–water partition coefficient (Wildman–Crippen LogP) is 2.37. The van der Waals surface area contributed by atoms with E-state index in [1.807, 2.05) is 39.8 Å². The predicted molar refractivity (Wildman–Crippen MR) is 102 cm³/mol. The van der Waals surface area contributed by atoms with Gasteiger partial charge in [0.05, 0.1) is 5.69 Å². The summed E-state index contributed by atoms with van der Waals surface area (Å²) in [6, 6.07) is -0.309. The molecule has 0 aromatic carbocycles. The number of imide groups is 1. The van der Waals surface area contributed by atoms with Crippen LogP contribution in [0.4, 0.5) is 4.79 Å². The molecule has 0 saturated carbocycles. The van der Waals surface area contributed by atoms with Gasteiger partial charge in [0.1, 0.15) is 5.70 Å². The molecular formula is C19H26N4O3. The maximum Gasteiger partial charge on any atom is 0.331 e. The number of allylic oxidation sites excluding steroid dienone is 4. The molecule has 0 radical (unpaired) electrons. The molecule has 1 saturated heterocycles. The summed E-state index contributed by atoms with van der Waals surface area (Å²) in [6.45, 7) is 9.33. The van der Waals surface area contributed by atoms with Crippen molar-refractivity contribution < 1.29 is 9.59 Å². The summed E-state index contributed by atoms with van der Waals surface area (Å²) in [5, 5.41) is 0. The number of carbonyl (C=O) groups is 2. The Kier molecular flexibility index (Phi) is 6.02. The van der Waals surface area contributed by atoms with Gasteiger partial charge < -0.3 is 0 Å². The third-order valence-corrected chi connectivity index (χ3v) is 4.54. The lowest BCUT2D eigenvalue weighted by atomic mass is 10.3. The van der Waals surface area contributed by atoms with Crippen LogP contribution in [-0.2, 0) is 17.9 Å². The molecule has 2 heterocycles. The van der Waals surface area contributed by atoms with Gasteiger partial charge in [-0.1, -0.05) is 18.2 Å². The molecule has 1 aromatic heterocycles. The Morgan fingerprint density at radius 1 is 0.885 bits per heavy atom. The molecule has 0 unspecified atom stereocenters. The largest absolute Gasteiger partial charge is 0.331 e. The zero-order valence-electron chi connectivity index (χ0n) is 16.0. The first-order valence-corrected chi connectivity index (χ1v) is 8.83. The summed E-state index contributed by atoms with van der Waals surface area (Å²) in [5.74, 6) is -0.304. The standard InChI is InChI=1S/C19H26N4O3/c1-6-21-14(4)15(22(7-2)19(21)26)12-10-9-11-13-16-17(24)20(5)18(25)23(16)8-3/h9-13H,6-8H2,1-5H3/b11-9?,12-10?,16-13+. The van der Waals surface area contributed by atoms with Crippen molar-refractivity contribution in [3.05, 3.63) is 51.9 Å². The minimum absolute atomic E-state index is 0.00469. The number of rotatable bonds is 6. The first-order chi connectivity index (χ1) is 12.4. The van der Waals surface area contributed by atoms with Crippen molar-refractivity contribution in [2.75, 3.05) is 13.6 Å². The van der Waals surface area contributed by atoms with E-state index in [0.717, 1.165) is 16.3 Å². The summed E-state index contributed by atoms with van der Waals surface area (Å²) in [5.41, 5.74) is 2.16. The molecule has 1 fully saturated rings. The van der Waals surface area contributed by atoms with Crippen LogP contribution in [0.25, 0.3) is 6.08 Å². The van der Waals surface area contributed by atoms with Gasteiger partial charge in [-0.15, -0.1) is 0 Å². The molecular weight excluding hydrogens is 332 g/mol. The minimum Gasteiger partial charge on any atom is -0.296 e. The van der Waals surface area contributed by atoms with Crippen LogP contribution in [0, 0.1) is 6.92 Å². The van der Waals surface area contributed by atoms with Crippen molar-refractivity contribution in [2.45, 2.75) is 40.8 Å². The maximum atomic E-state index is 12.3. The fraction of sp³-hybridized carbons (Fsp3) is 0.421. The van der Waals surface area contributed by atoms with Crippen molar-refractivity contribution in [3.8, 4) is 0 Å². The van der Waals surface area contributed by atoms with Crippen LogP contribution in [0.3, 0.4) is 0 Å². The molecule has 0 bridgehead atoms. The van der Waals surface area contributed by atoms with Crippen LogP contribution in [0.1, 0.15) is 32.2 Å². The quantitative estimate of drug-likeness (QED) is 0.445. The van der Waals surface area contributed by atoms with Crippen LogP contribution in [-0.4, -0.2) is 44.5 Å². The third kappa shape index (κ3) is 3.29. The zero-order chi connectivity index (χ0) is 19.4. The van der Waals surface area contributed by atoms with Gasteiger partial charge >= 0.3 is 11.7 Å². The van der Waals surface area contributed by atoms with Crippen LogP contribution in [0.2, 0.25) is 0 Å². The first-order valence-electron chi connectivity index (χ1n) is 8.83. The molecule has 3 amide bonds. The van der Waals surface area contributed by atoms with E-state index >= 15 is 0 Å². The van der Waals surface area contributed by atoms with Crippen molar-refractivity contribution in [2.24, 2.45) is 0 Å². The molecule has 2 rings (SSSR count). The molecule has 0 spiro atoms. The van der Waals surface area contributed by atoms with Crippen LogP contribution in [0.5, 0.6) is 0 Å². The van der Waals surface area contributed by atoms with E-state index < -0.39 is 0 Å². The molecule has 0 atom stereocenters. The lowest BCUT2D eigenvalue weighted by molar-refractivity contribution is -0.122. The first kappa shape index (κ1) is 19.5. The molecule has 0 N–H and O–H groups in total. The zero-order valence-corrected chi connectivity index (χ0v) is 16.0. The Hall–Kier alpha value is -2.83. The molecule has 140 valence electrons. The molecule has 1 aliphatic rings. The number of hydrogen-bond donors (Lipinski definition) is 0. The van der Waals surface area contributed by atoms with Gasteiger partial charge in [0.15, 0.2) is 0 Å². The highest BCUT2D eigenvalue weighted by Crippen LogP contribution is 2.19. The van der Waals surface area contributed by atoms with Gasteiger partial charge in [0, 0.05) is 32.4 Å². The van der Waals surface area contributed by atoms with Crippen LogP contribution < -0.4 is 5.69 Å². The van der Waals surface area contributed by atoms with Crippen molar-refractivity contribution in [3.63, 3.8) is 0 Å². The number of urea groups is 1. The number of amides is 3. The van der Waals surface area contributed by atoms with Gasteiger partial charge in [-0.25, -0.2) is 9.59 Å². The fourth-order valence-corrected chi connectivity index (χ4v) is 3.10. The second-order valence-corrected chi connectivity index (χ2v) is 5.93. The number of imidazole rings is 1. The van der Waals surface area contributed by atoms with E-state index in [4.69, 9.17) is 0 Å². The molecule has 1 aliphatic heterocycles. The molecule has 1 aromatic rings. The normalized spacial score (nSPS) is 17.0. The average Bonchev–Trinajstić information content (AvgIpc) is 2.98. The van der Waals surface area contributed by atoms with Gasteiger partial charge in [0.2, 0.25) is 0 Å². The lowest BCUT2D eigenvalue weighted by Crippen LogP contribution is -2.29. The summed E-state index contributed by atoms with van der Waals surface area (Å²) in [4.78, 5) is 38.8. The Balaban J connectivity index is 2.23. The van der Waals surface area contributed by atoms with Gasteiger partial charge in [-0.3, -0.25) is 23.7 Å². The Bertz CT molecular complexity index is 855. The smallest absolute Gasteiger partial charge is 0.296 e. The molecule has 7 nitrogen and oxygen atoms in total. The SMILES string of the molecule is CCN1C(=O)N(C)C(=O)/C1=C\C=CC=Cc1c(C)n(CC)c(=O)n1CC. The van der Waals surface area contributed by atoms with E-state index in [0.29, 0.717) is 25.3 Å². The summed E-state index contributed by atoms with van der Waals surface area (Å²) in [6.07, 6.45) is 8.84. The van der Waals surface area contributed by atoms with E-state index in [-0.39, 0.29) is 17.6 Å². The van der Waals surface area contributed by atoms with Crippen LogP contribution >= 0.6 is 0 Å². The highest BCUT2D eigenvalue weighted by atomic mass is 16.2. The molecule has 0 aliphatic carbocycles. The second kappa shape index (κ2) is 8.03. The Morgan fingerprint density at radius 2 is 1.54 bits per heavy atom. The topological polar surface area (TPSA) is 67.6 Å². The number of aromatic nitrogens is 2. The summed E-state index contributed by atoms with van der Waals surface area (Å²) in [7, 11) is 1.48. The van der Waals surface area contributed by atoms with E-state index in [9.17, 15) is 14.4 Å². The number of nitrogens with zero attached hydrogens (tertiary/aromatic N) is 4. The monoisotopic (exact) mass is 358 g/mol. The van der Waals surface area contributed by atoms with Crippen molar-refractivity contribution >= 4 is 18.0 Å². The number of hydrogen-bond acceptors (Lipinski definition) is 3. The number of likely N-dealkylation sites (N-methyl/N-ethyl adjacent to an activating group) is 2. The van der Waals surface area contributed by atoms with E-state index in [2.05, 4.69) is 0 Å². The summed E-state index contributed by atoms with van der Waals surface area (Å²) >= 11 is 0. The van der Waals surface area contributed by atoms with E-state index in [1.165, 1.54) is 11.9 Å². The van der Waals surface area contributed by atoms with Crippen molar-refractivity contribution in [1.29, 1.82) is 0 Å². The minimum atomic E-state index is -0.309. The molecule has 26 heavy (non-hydrogen) atoms. The van der Waals surface area contributed by atoms with Crippen LogP contribution in [0.15, 0.2) is 34.8 Å². The highest BCUT2D eigenvalue weighted by Gasteiger charge is 2.36. The van der Waals surface area contributed by atoms with Gasteiger partial charge in [-0.05, 0) is 39.8 Å². The fourth-order valence-electron chi connectivity index (χ4n) is 3.10. The number of carbonyl (C=O) groups excluding carboxylic acids is 2. The maximum absolute atomic E-state index is 12.3. The second-order valence-electron chi connectivity index (χ2n) is 5.93. The Morgan fingerprint density at radius 3 is 2.12 bits per heavy atom. The van der Waals surface area contributed by atoms with E-state index in [1.54, 1.807) is 27.4 Å². The lowest BCUT2D eigenvalue weighted by Gasteiger charge is -2.11. The van der Waals surface area contributed by atoms with Crippen molar-refractivity contribution in [1.82, 2.24) is 18.9 Å². The Labute approximate surface area is 153 Å². The summed E-state index contributed by atoms with van der Waals surface area (Å²) < 4.78 is 3.47. The average molecular weight is 358 g/mol. The molecule has 7 heteroatoms. The third-order valence-electron chi connectivity index (χ3n) is 4.54.